The monoisotopic (exact) mass is 638 g/mol. The lowest BCUT2D eigenvalue weighted by molar-refractivity contribution is 0.669. The van der Waals surface area contributed by atoms with Crippen LogP contribution < -0.4 is 0 Å². The first-order valence-corrected chi connectivity index (χ1v) is 16.9. The molecule has 0 fully saturated rings. The van der Waals surface area contributed by atoms with E-state index >= 15 is 0 Å². The Morgan fingerprint density at radius 2 is 1.09 bits per heavy atom. The van der Waals surface area contributed by atoms with E-state index < -0.39 is 0 Å². The van der Waals surface area contributed by atoms with E-state index in [1.165, 1.54) is 19.5 Å². The lowest BCUT2D eigenvalue weighted by Gasteiger charge is -2.10. The van der Waals surface area contributed by atoms with Crippen LogP contribution in [0.3, 0.4) is 0 Å². The third kappa shape index (κ3) is 4.28. The fourth-order valence-corrected chi connectivity index (χ4v) is 8.58. The van der Waals surface area contributed by atoms with Crippen LogP contribution in [-0.2, 0) is 0 Å². The number of furan rings is 1. The average Bonchev–Trinajstić information content (AvgIpc) is 3.84. The summed E-state index contributed by atoms with van der Waals surface area (Å²) >= 11 is 3.51. The van der Waals surface area contributed by atoms with E-state index in [1.807, 2.05) is 60.7 Å². The van der Waals surface area contributed by atoms with Crippen LogP contribution in [0.5, 0.6) is 0 Å². The number of hydrogen-bond acceptors (Lipinski definition) is 7. The summed E-state index contributed by atoms with van der Waals surface area (Å²) in [5.74, 6) is 1.85. The number of benzene rings is 6. The van der Waals surface area contributed by atoms with Crippen LogP contribution >= 0.6 is 22.7 Å². The number of thiophene rings is 1. The molecule has 7 heteroatoms. The molecule has 5 nitrogen and oxygen atoms in total. The Kier molecular flexibility index (Phi) is 5.85. The minimum atomic E-state index is 0.596. The molecular formula is C40H22N4OS2. The number of rotatable bonds is 4. The highest BCUT2D eigenvalue weighted by Crippen LogP contribution is 2.45. The van der Waals surface area contributed by atoms with Gasteiger partial charge in [0.2, 0.25) is 0 Å². The van der Waals surface area contributed by atoms with Crippen molar-refractivity contribution < 1.29 is 4.42 Å². The van der Waals surface area contributed by atoms with Gasteiger partial charge in [-0.1, -0.05) is 91.0 Å². The molecule has 0 radical (unpaired) electrons. The maximum absolute atomic E-state index is 6.24. The molecule has 0 amide bonds. The van der Waals surface area contributed by atoms with E-state index in [2.05, 4.69) is 72.8 Å². The van der Waals surface area contributed by atoms with Crippen molar-refractivity contribution in [1.82, 2.24) is 19.9 Å². The molecular weight excluding hydrogens is 617 g/mol. The van der Waals surface area contributed by atoms with Crippen molar-refractivity contribution in [1.29, 1.82) is 0 Å². The number of para-hydroxylation sites is 2. The van der Waals surface area contributed by atoms with Gasteiger partial charge in [-0.3, -0.25) is 0 Å². The smallest absolute Gasteiger partial charge is 0.164 e. The molecule has 6 aromatic carbocycles. The second kappa shape index (κ2) is 10.4. The van der Waals surface area contributed by atoms with Gasteiger partial charge in [-0.15, -0.1) is 22.7 Å². The molecule has 4 heterocycles. The molecule has 0 atom stereocenters. The lowest BCUT2D eigenvalue weighted by Crippen LogP contribution is -2.00. The standard InChI is InChI=1S/C40H22N4OS2/c1-2-10-23(11-3-1)37-42-38(24-20-21-26-25-12-4-6-16-30(25)45-31(26)22-24)44-39(43-37)27-13-8-18-33-35(27)36-28(14-9-19-34(36)46-33)40-41-29-15-5-7-17-32(29)47-40/h1-22H. The first-order valence-electron chi connectivity index (χ1n) is 15.3. The van der Waals surface area contributed by atoms with Crippen LogP contribution in [0.2, 0.25) is 0 Å². The normalized spacial score (nSPS) is 11.8. The molecule has 0 aliphatic carbocycles. The predicted molar refractivity (Wildman–Crippen MR) is 195 cm³/mol. The largest absolute Gasteiger partial charge is 0.456 e. The third-order valence-corrected chi connectivity index (χ3v) is 10.8. The van der Waals surface area contributed by atoms with Gasteiger partial charge in [0.05, 0.1) is 10.2 Å². The van der Waals surface area contributed by atoms with Crippen LogP contribution in [0.25, 0.3) is 97.1 Å². The van der Waals surface area contributed by atoms with E-state index in [-0.39, 0.29) is 0 Å². The van der Waals surface area contributed by atoms with Crippen LogP contribution in [0.1, 0.15) is 0 Å². The highest BCUT2D eigenvalue weighted by molar-refractivity contribution is 7.26. The summed E-state index contributed by atoms with van der Waals surface area (Å²) in [7, 11) is 0. The molecule has 4 aromatic heterocycles. The summed E-state index contributed by atoms with van der Waals surface area (Å²) in [6.07, 6.45) is 0. The van der Waals surface area contributed by atoms with Crippen molar-refractivity contribution in [2.24, 2.45) is 0 Å². The number of nitrogens with zero attached hydrogens (tertiary/aromatic N) is 4. The summed E-state index contributed by atoms with van der Waals surface area (Å²) in [5, 5.41) is 5.47. The zero-order valence-corrected chi connectivity index (χ0v) is 26.3. The maximum atomic E-state index is 6.24. The van der Waals surface area contributed by atoms with Gasteiger partial charge in [0.1, 0.15) is 16.2 Å². The highest BCUT2D eigenvalue weighted by Gasteiger charge is 2.20. The van der Waals surface area contributed by atoms with Crippen LogP contribution in [-0.4, -0.2) is 19.9 Å². The van der Waals surface area contributed by atoms with Crippen LogP contribution in [0.4, 0.5) is 0 Å². The Hall–Kier alpha value is -5.76. The van der Waals surface area contributed by atoms with E-state index in [1.54, 1.807) is 22.7 Å². The van der Waals surface area contributed by atoms with E-state index in [0.29, 0.717) is 17.5 Å². The van der Waals surface area contributed by atoms with Crippen molar-refractivity contribution in [3.63, 3.8) is 0 Å². The van der Waals surface area contributed by atoms with Crippen molar-refractivity contribution >= 4 is 75.0 Å². The molecule has 10 aromatic rings. The molecule has 0 unspecified atom stereocenters. The van der Waals surface area contributed by atoms with E-state index in [0.717, 1.165) is 60.1 Å². The Labute approximate surface area is 276 Å². The van der Waals surface area contributed by atoms with Gasteiger partial charge in [0.25, 0.3) is 0 Å². The zero-order valence-electron chi connectivity index (χ0n) is 24.7. The average molecular weight is 639 g/mol. The summed E-state index contributed by atoms with van der Waals surface area (Å²) in [6.45, 7) is 0. The first kappa shape index (κ1) is 26.5. The predicted octanol–water partition coefficient (Wildman–Crippen LogP) is 11.4. The zero-order chi connectivity index (χ0) is 30.9. The second-order valence-electron chi connectivity index (χ2n) is 11.4. The van der Waals surface area contributed by atoms with Gasteiger partial charge in [-0.2, -0.15) is 0 Å². The van der Waals surface area contributed by atoms with E-state index in [4.69, 9.17) is 24.4 Å². The molecule has 0 bridgehead atoms. The molecule has 0 N–H and O–H groups in total. The molecule has 0 aliphatic rings. The molecule has 0 spiro atoms. The topological polar surface area (TPSA) is 64.7 Å². The maximum Gasteiger partial charge on any atom is 0.164 e. The van der Waals surface area contributed by atoms with Crippen molar-refractivity contribution in [2.75, 3.05) is 0 Å². The molecule has 0 saturated carbocycles. The van der Waals surface area contributed by atoms with Gasteiger partial charge in [-0.25, -0.2) is 19.9 Å². The second-order valence-corrected chi connectivity index (χ2v) is 13.5. The van der Waals surface area contributed by atoms with Crippen LogP contribution in [0, 0.1) is 0 Å². The number of thiazole rings is 1. The fourth-order valence-electron chi connectivity index (χ4n) is 6.43. The minimum absolute atomic E-state index is 0.596. The number of fused-ring (bicyclic) bond motifs is 7. The molecule has 10 rings (SSSR count). The fraction of sp³-hybridized carbons (Fsp3) is 0. The van der Waals surface area contributed by atoms with Gasteiger partial charge in [0.15, 0.2) is 17.5 Å². The van der Waals surface area contributed by atoms with Gasteiger partial charge in [-0.05, 0) is 42.5 Å². The lowest BCUT2D eigenvalue weighted by atomic mass is 10.0. The Morgan fingerprint density at radius 1 is 0.426 bits per heavy atom. The quantitative estimate of drug-likeness (QED) is 0.192. The third-order valence-electron chi connectivity index (χ3n) is 8.59. The molecule has 0 saturated heterocycles. The van der Waals surface area contributed by atoms with Crippen LogP contribution in [0.15, 0.2) is 138 Å². The summed E-state index contributed by atoms with van der Waals surface area (Å²) in [4.78, 5) is 20.3. The van der Waals surface area contributed by atoms with Gasteiger partial charge >= 0.3 is 0 Å². The van der Waals surface area contributed by atoms with E-state index in [9.17, 15) is 0 Å². The first-order chi connectivity index (χ1) is 23.3. The molecule has 47 heavy (non-hydrogen) atoms. The van der Waals surface area contributed by atoms with Gasteiger partial charge in [0, 0.05) is 53.2 Å². The summed E-state index contributed by atoms with van der Waals surface area (Å²) in [6, 6.07) is 45.6. The Bertz CT molecular complexity index is 2780. The van der Waals surface area contributed by atoms with Crippen molar-refractivity contribution in [3.8, 4) is 44.7 Å². The highest BCUT2D eigenvalue weighted by atomic mass is 32.1. The summed E-state index contributed by atoms with van der Waals surface area (Å²) in [5.41, 5.74) is 6.57. The SMILES string of the molecule is c1ccc(-c2nc(-c3ccc4c(c3)oc3ccccc34)nc(-c3cccc4sc5cccc(-c6nc7ccccc7s6)c5c34)n2)cc1. The van der Waals surface area contributed by atoms with Gasteiger partial charge < -0.3 is 4.42 Å². The minimum Gasteiger partial charge on any atom is -0.456 e. The van der Waals surface area contributed by atoms with Crippen molar-refractivity contribution in [3.05, 3.63) is 133 Å². The molecule has 220 valence electrons. The summed E-state index contributed by atoms with van der Waals surface area (Å²) < 4.78 is 9.80. The number of aromatic nitrogens is 4. The Morgan fingerprint density at radius 3 is 1.94 bits per heavy atom. The van der Waals surface area contributed by atoms with Crippen molar-refractivity contribution in [2.45, 2.75) is 0 Å². The number of hydrogen-bond donors (Lipinski definition) is 0. The Balaban J connectivity index is 1.23. The molecule has 0 aliphatic heterocycles.